The molecule has 152 valence electrons. The summed E-state index contributed by atoms with van der Waals surface area (Å²) in [5, 5.41) is 5.13. The van der Waals surface area contributed by atoms with Crippen LogP contribution in [0.4, 0.5) is 0 Å². The standard InChI is InChI=1S/C23H25BrN2O3/c1-26(2)19(18-10-6-7-11-20(18)28-3)14-25-22(27)15-29-21-13-12-16-8-4-5-9-17(16)23(21)24/h4-13,19H,14-15H2,1-3H3,(H,25,27). The van der Waals surface area contributed by atoms with Crippen molar-refractivity contribution in [1.29, 1.82) is 0 Å². The number of amides is 1. The molecular weight excluding hydrogens is 432 g/mol. The highest BCUT2D eigenvalue weighted by molar-refractivity contribution is 9.10. The van der Waals surface area contributed by atoms with Gasteiger partial charge in [-0.2, -0.15) is 0 Å². The molecule has 0 saturated heterocycles. The normalized spacial score (nSPS) is 12.0. The molecule has 5 nitrogen and oxygen atoms in total. The van der Waals surface area contributed by atoms with Gasteiger partial charge in [0, 0.05) is 12.1 Å². The van der Waals surface area contributed by atoms with Crippen molar-refractivity contribution in [2.75, 3.05) is 34.4 Å². The summed E-state index contributed by atoms with van der Waals surface area (Å²) in [5.41, 5.74) is 1.03. The molecule has 0 aromatic heterocycles. The van der Waals surface area contributed by atoms with Crippen molar-refractivity contribution < 1.29 is 14.3 Å². The fourth-order valence-electron chi connectivity index (χ4n) is 3.24. The number of nitrogens with zero attached hydrogens (tertiary/aromatic N) is 1. The maximum Gasteiger partial charge on any atom is 0.258 e. The first-order valence-electron chi connectivity index (χ1n) is 9.37. The smallest absolute Gasteiger partial charge is 0.258 e. The molecule has 3 rings (SSSR count). The lowest BCUT2D eigenvalue weighted by atomic mass is 10.0. The van der Waals surface area contributed by atoms with Gasteiger partial charge in [-0.1, -0.05) is 48.5 Å². The molecule has 3 aromatic carbocycles. The molecule has 0 aliphatic carbocycles. The topological polar surface area (TPSA) is 50.8 Å². The van der Waals surface area contributed by atoms with Gasteiger partial charge in [0.05, 0.1) is 17.6 Å². The predicted molar refractivity (Wildman–Crippen MR) is 120 cm³/mol. The molecule has 0 aliphatic rings. The Hall–Kier alpha value is -2.57. The van der Waals surface area contributed by atoms with Gasteiger partial charge in [-0.3, -0.25) is 4.79 Å². The summed E-state index contributed by atoms with van der Waals surface area (Å²) < 4.78 is 12.1. The van der Waals surface area contributed by atoms with E-state index in [-0.39, 0.29) is 18.6 Å². The van der Waals surface area contributed by atoms with E-state index in [0.717, 1.165) is 26.6 Å². The number of halogens is 1. The van der Waals surface area contributed by atoms with Crippen LogP contribution in [0.1, 0.15) is 11.6 Å². The average molecular weight is 457 g/mol. The Morgan fingerprint density at radius 2 is 1.76 bits per heavy atom. The molecule has 3 aromatic rings. The van der Waals surface area contributed by atoms with E-state index in [0.29, 0.717) is 12.3 Å². The number of fused-ring (bicyclic) bond motifs is 1. The maximum absolute atomic E-state index is 12.4. The average Bonchev–Trinajstić information content (AvgIpc) is 2.73. The zero-order valence-corrected chi connectivity index (χ0v) is 18.4. The highest BCUT2D eigenvalue weighted by Crippen LogP contribution is 2.33. The SMILES string of the molecule is COc1ccccc1C(CNC(=O)COc1ccc2ccccc2c1Br)N(C)C. The third-order valence-electron chi connectivity index (χ3n) is 4.80. The largest absolute Gasteiger partial charge is 0.496 e. The van der Waals surface area contributed by atoms with Crippen molar-refractivity contribution >= 4 is 32.6 Å². The van der Waals surface area contributed by atoms with Gasteiger partial charge in [0.25, 0.3) is 5.91 Å². The molecule has 0 heterocycles. The number of para-hydroxylation sites is 1. The second kappa shape index (κ2) is 9.76. The van der Waals surface area contributed by atoms with Crippen molar-refractivity contribution in [3.63, 3.8) is 0 Å². The number of carbonyl (C=O) groups excluding carboxylic acids is 1. The Morgan fingerprint density at radius 1 is 1.03 bits per heavy atom. The molecule has 29 heavy (non-hydrogen) atoms. The molecule has 1 atom stereocenters. The number of ether oxygens (including phenoxy) is 2. The summed E-state index contributed by atoms with van der Waals surface area (Å²) in [5.74, 6) is 1.27. The third kappa shape index (κ3) is 5.08. The number of hydrogen-bond donors (Lipinski definition) is 1. The van der Waals surface area contributed by atoms with Crippen LogP contribution >= 0.6 is 15.9 Å². The lowest BCUT2D eigenvalue weighted by molar-refractivity contribution is -0.123. The highest BCUT2D eigenvalue weighted by Gasteiger charge is 2.19. The van der Waals surface area contributed by atoms with Crippen LogP contribution in [0.5, 0.6) is 11.5 Å². The fourth-order valence-corrected chi connectivity index (χ4v) is 3.85. The molecule has 0 aliphatic heterocycles. The minimum atomic E-state index is -0.174. The van der Waals surface area contributed by atoms with Gasteiger partial charge in [0.2, 0.25) is 0 Å². The van der Waals surface area contributed by atoms with Gasteiger partial charge in [0.1, 0.15) is 11.5 Å². The van der Waals surface area contributed by atoms with E-state index in [1.54, 1.807) is 7.11 Å². The fraction of sp³-hybridized carbons (Fsp3) is 0.261. The van der Waals surface area contributed by atoms with Gasteiger partial charge in [-0.25, -0.2) is 0 Å². The number of likely N-dealkylation sites (N-methyl/N-ethyl adjacent to an activating group) is 1. The molecular formula is C23H25BrN2O3. The van der Waals surface area contributed by atoms with Crippen molar-refractivity contribution in [2.24, 2.45) is 0 Å². The van der Waals surface area contributed by atoms with Crippen LogP contribution in [0, 0.1) is 0 Å². The number of carbonyl (C=O) groups is 1. The molecule has 1 N–H and O–H groups in total. The van der Waals surface area contributed by atoms with Crippen LogP contribution in [0.2, 0.25) is 0 Å². The Bertz CT molecular complexity index is 991. The second-order valence-electron chi connectivity index (χ2n) is 6.91. The van der Waals surface area contributed by atoms with E-state index in [2.05, 4.69) is 26.1 Å². The van der Waals surface area contributed by atoms with Crippen molar-refractivity contribution in [1.82, 2.24) is 10.2 Å². The van der Waals surface area contributed by atoms with Gasteiger partial charge in [-0.05, 0) is 52.9 Å². The van der Waals surface area contributed by atoms with E-state index >= 15 is 0 Å². The number of nitrogens with one attached hydrogen (secondary N) is 1. The van der Waals surface area contributed by atoms with Crippen molar-refractivity contribution in [2.45, 2.75) is 6.04 Å². The van der Waals surface area contributed by atoms with E-state index in [1.165, 1.54) is 0 Å². The van der Waals surface area contributed by atoms with Crippen LogP contribution in [0.15, 0.2) is 65.1 Å². The lowest BCUT2D eigenvalue weighted by Crippen LogP contribution is -2.37. The number of benzene rings is 3. The first kappa shape index (κ1) is 21.1. The van der Waals surface area contributed by atoms with Gasteiger partial charge >= 0.3 is 0 Å². The van der Waals surface area contributed by atoms with E-state index in [1.807, 2.05) is 74.8 Å². The Balaban J connectivity index is 1.62. The number of methoxy groups -OCH3 is 1. The molecule has 1 unspecified atom stereocenters. The van der Waals surface area contributed by atoms with Crippen LogP contribution < -0.4 is 14.8 Å². The zero-order chi connectivity index (χ0) is 20.8. The minimum Gasteiger partial charge on any atom is -0.496 e. The Labute approximate surface area is 179 Å². The summed E-state index contributed by atoms with van der Waals surface area (Å²) in [6.45, 7) is 0.400. The summed E-state index contributed by atoms with van der Waals surface area (Å²) in [7, 11) is 5.61. The first-order chi connectivity index (χ1) is 14.0. The molecule has 1 amide bonds. The maximum atomic E-state index is 12.4. The summed E-state index contributed by atoms with van der Waals surface area (Å²) in [6.07, 6.45) is 0. The van der Waals surface area contributed by atoms with Crippen molar-refractivity contribution in [3.05, 3.63) is 70.7 Å². The molecule has 6 heteroatoms. The predicted octanol–water partition coefficient (Wildman–Crippen LogP) is 4.41. The quantitative estimate of drug-likeness (QED) is 0.545. The Kier molecular flexibility index (Phi) is 7.12. The van der Waals surface area contributed by atoms with E-state index < -0.39 is 0 Å². The summed E-state index contributed by atoms with van der Waals surface area (Å²) in [4.78, 5) is 14.5. The van der Waals surface area contributed by atoms with Crippen LogP contribution in [-0.4, -0.2) is 45.2 Å². The van der Waals surface area contributed by atoms with Gasteiger partial charge in [0.15, 0.2) is 6.61 Å². The minimum absolute atomic E-state index is 0.0116. The first-order valence-corrected chi connectivity index (χ1v) is 10.2. The lowest BCUT2D eigenvalue weighted by Gasteiger charge is -2.26. The highest BCUT2D eigenvalue weighted by atomic mass is 79.9. The second-order valence-corrected chi connectivity index (χ2v) is 7.71. The number of rotatable bonds is 8. The Morgan fingerprint density at radius 3 is 2.52 bits per heavy atom. The molecule has 0 spiro atoms. The van der Waals surface area contributed by atoms with Crippen LogP contribution in [0.3, 0.4) is 0 Å². The van der Waals surface area contributed by atoms with Gasteiger partial charge in [-0.15, -0.1) is 0 Å². The molecule has 0 saturated carbocycles. The number of hydrogen-bond acceptors (Lipinski definition) is 4. The zero-order valence-electron chi connectivity index (χ0n) is 16.8. The summed E-state index contributed by atoms with van der Waals surface area (Å²) >= 11 is 3.58. The van der Waals surface area contributed by atoms with Gasteiger partial charge < -0.3 is 19.7 Å². The summed E-state index contributed by atoms with van der Waals surface area (Å²) in [6, 6.07) is 19.7. The molecule has 0 fully saturated rings. The van der Waals surface area contributed by atoms with E-state index in [9.17, 15) is 4.79 Å². The third-order valence-corrected chi connectivity index (χ3v) is 5.62. The van der Waals surface area contributed by atoms with Crippen molar-refractivity contribution in [3.8, 4) is 11.5 Å². The molecule has 0 radical (unpaired) electrons. The molecule has 0 bridgehead atoms. The van der Waals surface area contributed by atoms with Crippen LogP contribution in [0.25, 0.3) is 10.8 Å². The van der Waals surface area contributed by atoms with Crippen LogP contribution in [-0.2, 0) is 4.79 Å². The van der Waals surface area contributed by atoms with E-state index in [4.69, 9.17) is 9.47 Å². The monoisotopic (exact) mass is 456 g/mol.